The van der Waals surface area contributed by atoms with E-state index in [-0.39, 0.29) is 29.7 Å². The summed E-state index contributed by atoms with van der Waals surface area (Å²) in [7, 11) is 0. The number of para-hydroxylation sites is 2. The molecule has 4 heterocycles. The predicted octanol–water partition coefficient (Wildman–Crippen LogP) is 2.10. The number of rotatable bonds is 4. The Morgan fingerprint density at radius 2 is 1.83 bits per heavy atom. The number of nitrogens with zero attached hydrogens (tertiary/aromatic N) is 3. The van der Waals surface area contributed by atoms with Gasteiger partial charge in [-0.2, -0.15) is 0 Å². The number of carbonyl (C=O) groups is 2. The molecule has 9 nitrogen and oxygen atoms in total. The Bertz CT molecular complexity index is 1470. The fraction of sp³-hybridized carbons (Fsp3) is 0.407. The van der Waals surface area contributed by atoms with Gasteiger partial charge in [-0.05, 0) is 31.0 Å². The summed E-state index contributed by atoms with van der Waals surface area (Å²) < 4.78 is 1.43. The third kappa shape index (κ3) is 3.02. The number of aliphatic hydroxyl groups is 1. The van der Waals surface area contributed by atoms with Crippen LogP contribution in [0.25, 0.3) is 10.9 Å². The molecular weight excluding hydrogens is 458 g/mol. The largest absolute Gasteiger partial charge is 0.381 e. The van der Waals surface area contributed by atoms with E-state index in [1.807, 2.05) is 32.0 Å². The van der Waals surface area contributed by atoms with Crippen molar-refractivity contribution in [3.63, 3.8) is 0 Å². The number of fused-ring (bicyclic) bond motifs is 5. The molecule has 6 atom stereocenters. The van der Waals surface area contributed by atoms with Crippen LogP contribution < -0.4 is 21.1 Å². The van der Waals surface area contributed by atoms with Crippen LogP contribution in [0.5, 0.6) is 0 Å². The van der Waals surface area contributed by atoms with Crippen LogP contribution in [0.2, 0.25) is 0 Å². The van der Waals surface area contributed by atoms with Crippen LogP contribution >= 0.6 is 0 Å². The van der Waals surface area contributed by atoms with Gasteiger partial charge in [0.25, 0.3) is 5.56 Å². The molecule has 1 aromatic heterocycles. The number of hydrogen-bond acceptors (Lipinski definition) is 6. The first-order valence-corrected chi connectivity index (χ1v) is 12.5. The molecule has 1 fully saturated rings. The molecule has 0 radical (unpaired) electrons. The fourth-order valence-electron chi connectivity index (χ4n) is 6.00. The van der Waals surface area contributed by atoms with Crippen molar-refractivity contribution in [2.24, 2.45) is 5.92 Å². The van der Waals surface area contributed by atoms with E-state index < -0.39 is 29.9 Å². The van der Waals surface area contributed by atoms with Crippen LogP contribution in [0.15, 0.2) is 53.3 Å². The average molecular weight is 488 g/mol. The van der Waals surface area contributed by atoms with E-state index in [0.717, 1.165) is 6.42 Å². The van der Waals surface area contributed by atoms with Crippen molar-refractivity contribution in [3.05, 3.63) is 70.3 Å². The Labute approximate surface area is 208 Å². The highest BCUT2D eigenvalue weighted by Crippen LogP contribution is 2.50. The molecule has 0 saturated carbocycles. The first-order valence-electron chi connectivity index (χ1n) is 12.5. The molecule has 0 bridgehead atoms. The summed E-state index contributed by atoms with van der Waals surface area (Å²) in [5.41, 5.74) is -0.164. The fourth-order valence-corrected chi connectivity index (χ4v) is 6.00. The minimum absolute atomic E-state index is 0.0669. The van der Waals surface area contributed by atoms with Gasteiger partial charge in [-0.3, -0.25) is 29.2 Å². The van der Waals surface area contributed by atoms with Gasteiger partial charge < -0.3 is 10.4 Å². The second-order valence-corrected chi connectivity index (χ2v) is 10.2. The summed E-state index contributed by atoms with van der Waals surface area (Å²) in [5.74, 6) is 0.0613. The van der Waals surface area contributed by atoms with Gasteiger partial charge >= 0.3 is 0 Å². The van der Waals surface area contributed by atoms with Gasteiger partial charge in [0.05, 0.1) is 28.7 Å². The van der Waals surface area contributed by atoms with Crippen molar-refractivity contribution in [2.75, 3.05) is 4.90 Å². The molecule has 186 valence electrons. The maximum Gasteiger partial charge on any atom is 0.262 e. The highest BCUT2D eigenvalue weighted by atomic mass is 16.3. The normalized spacial score (nSPS) is 29.6. The maximum absolute atomic E-state index is 13.6. The highest BCUT2D eigenvalue weighted by molar-refractivity contribution is 6.03. The number of aromatic nitrogens is 2. The van der Waals surface area contributed by atoms with Crippen LogP contribution in [-0.2, 0) is 15.2 Å². The second-order valence-electron chi connectivity index (χ2n) is 10.2. The summed E-state index contributed by atoms with van der Waals surface area (Å²) in [6.07, 6.45) is -0.0420. The average Bonchev–Trinajstić information content (AvgIpc) is 3.35. The molecule has 36 heavy (non-hydrogen) atoms. The Hall–Kier alpha value is -3.56. The van der Waals surface area contributed by atoms with Gasteiger partial charge in [-0.1, -0.05) is 50.6 Å². The standard InChI is InChI=1S/C27H29N5O4/c1-4-14(2)21-25(35)32-19-12-8-6-10-17(19)27(36,26(32)30-21)13-20-23(33)28-15(3)22-29-18-11-7-5-9-16(18)24(34)31(20)22/h5-12,14-15,20-21,26,30,36H,4,13H2,1-3H3,(H,28,33)/t14-,15-,20+,21-,26-,27-/m0/s1. The van der Waals surface area contributed by atoms with E-state index in [9.17, 15) is 19.5 Å². The van der Waals surface area contributed by atoms with Crippen molar-refractivity contribution in [1.82, 2.24) is 20.2 Å². The van der Waals surface area contributed by atoms with Crippen molar-refractivity contribution in [1.29, 1.82) is 0 Å². The lowest BCUT2D eigenvalue weighted by atomic mass is 9.85. The van der Waals surface area contributed by atoms with E-state index in [2.05, 4.69) is 10.6 Å². The molecule has 3 aliphatic heterocycles. The van der Waals surface area contributed by atoms with E-state index in [4.69, 9.17) is 4.98 Å². The zero-order valence-corrected chi connectivity index (χ0v) is 20.4. The maximum atomic E-state index is 13.6. The van der Waals surface area contributed by atoms with E-state index in [0.29, 0.717) is 28.0 Å². The first-order chi connectivity index (χ1) is 17.3. The zero-order valence-electron chi connectivity index (χ0n) is 20.4. The lowest BCUT2D eigenvalue weighted by Gasteiger charge is -2.37. The molecule has 6 rings (SSSR count). The minimum Gasteiger partial charge on any atom is -0.381 e. The number of nitrogens with one attached hydrogen (secondary N) is 2. The van der Waals surface area contributed by atoms with Crippen LogP contribution in [-0.4, -0.2) is 38.7 Å². The predicted molar refractivity (Wildman–Crippen MR) is 134 cm³/mol. The topological polar surface area (TPSA) is 117 Å². The molecule has 2 amide bonds. The molecule has 9 heteroatoms. The molecule has 1 saturated heterocycles. The van der Waals surface area contributed by atoms with Gasteiger partial charge in [0.2, 0.25) is 11.8 Å². The van der Waals surface area contributed by atoms with Crippen LogP contribution in [0.1, 0.15) is 57.1 Å². The third-order valence-corrected chi connectivity index (χ3v) is 8.09. The van der Waals surface area contributed by atoms with Gasteiger partial charge in [0, 0.05) is 12.0 Å². The summed E-state index contributed by atoms with van der Waals surface area (Å²) in [5, 5.41) is 19.0. The quantitative estimate of drug-likeness (QED) is 0.519. The second kappa shape index (κ2) is 7.97. The highest BCUT2D eigenvalue weighted by Gasteiger charge is 2.59. The Morgan fingerprint density at radius 3 is 2.61 bits per heavy atom. The molecule has 0 spiro atoms. The van der Waals surface area contributed by atoms with Crippen molar-refractivity contribution < 1.29 is 14.7 Å². The minimum atomic E-state index is -1.60. The number of hydrogen-bond donors (Lipinski definition) is 3. The zero-order chi connectivity index (χ0) is 25.4. The van der Waals surface area contributed by atoms with Crippen LogP contribution in [0, 0.1) is 5.92 Å². The molecule has 3 aliphatic rings. The van der Waals surface area contributed by atoms with Gasteiger partial charge in [0.1, 0.15) is 23.6 Å². The Kier molecular flexibility index (Phi) is 5.07. The van der Waals surface area contributed by atoms with E-state index in [1.165, 1.54) is 4.57 Å². The van der Waals surface area contributed by atoms with Crippen molar-refractivity contribution in [3.8, 4) is 0 Å². The van der Waals surface area contributed by atoms with E-state index in [1.54, 1.807) is 42.2 Å². The van der Waals surface area contributed by atoms with Crippen molar-refractivity contribution in [2.45, 2.75) is 63.5 Å². The van der Waals surface area contributed by atoms with Gasteiger partial charge in [-0.15, -0.1) is 0 Å². The van der Waals surface area contributed by atoms with Crippen molar-refractivity contribution >= 4 is 28.4 Å². The summed E-state index contributed by atoms with van der Waals surface area (Å²) in [6, 6.07) is 12.4. The van der Waals surface area contributed by atoms with Gasteiger partial charge in [-0.25, -0.2) is 4.98 Å². The van der Waals surface area contributed by atoms with Crippen LogP contribution in [0.3, 0.4) is 0 Å². The SMILES string of the molecule is CC[C@H](C)[C@@H]1N[C@H]2N(C1=O)c1ccccc1[C@@]2(O)C[C@@H]1C(=O)N[C@@H](C)c2nc3ccccc3c(=O)n21. The lowest BCUT2D eigenvalue weighted by Crippen LogP contribution is -2.54. The molecule has 3 N–H and O–H groups in total. The lowest BCUT2D eigenvalue weighted by molar-refractivity contribution is -0.129. The summed E-state index contributed by atoms with van der Waals surface area (Å²) in [4.78, 5) is 46.8. The molecule has 3 aromatic rings. The number of anilines is 1. The van der Waals surface area contributed by atoms with Gasteiger partial charge in [0.15, 0.2) is 0 Å². The van der Waals surface area contributed by atoms with E-state index >= 15 is 0 Å². The Morgan fingerprint density at radius 1 is 1.11 bits per heavy atom. The smallest absolute Gasteiger partial charge is 0.262 e. The number of carbonyl (C=O) groups excluding carboxylic acids is 2. The number of amides is 2. The molecule has 0 aliphatic carbocycles. The third-order valence-electron chi connectivity index (χ3n) is 8.09. The molecule has 0 unspecified atom stereocenters. The Balaban J connectivity index is 1.49. The summed E-state index contributed by atoms with van der Waals surface area (Å²) >= 11 is 0. The molecule has 2 aromatic carbocycles. The first kappa shape index (κ1) is 22.9. The number of benzene rings is 2. The molecular formula is C27H29N5O4. The summed E-state index contributed by atoms with van der Waals surface area (Å²) in [6.45, 7) is 5.82. The monoisotopic (exact) mass is 487 g/mol. The van der Waals surface area contributed by atoms with Crippen LogP contribution in [0.4, 0.5) is 5.69 Å².